The average Bonchev–Trinajstić information content (AvgIpc) is 2.88. The molecule has 1 N–H and O–H groups in total. The van der Waals surface area contributed by atoms with Crippen molar-refractivity contribution in [1.29, 1.82) is 0 Å². The molecule has 0 saturated carbocycles. The average molecular weight is 340 g/mol. The molecule has 7 heteroatoms. The van der Waals surface area contributed by atoms with Crippen molar-refractivity contribution in [3.63, 3.8) is 0 Å². The molecule has 2 heterocycles. The minimum absolute atomic E-state index is 0.161. The number of hydrogen-bond acceptors (Lipinski definition) is 3. The van der Waals surface area contributed by atoms with E-state index in [1.165, 1.54) is 0 Å². The van der Waals surface area contributed by atoms with E-state index in [1.807, 2.05) is 23.1 Å². The van der Waals surface area contributed by atoms with Gasteiger partial charge < -0.3 is 10.0 Å². The van der Waals surface area contributed by atoms with Crippen LogP contribution in [0.1, 0.15) is 18.4 Å². The van der Waals surface area contributed by atoms with Crippen LogP contribution in [0.5, 0.6) is 5.75 Å². The van der Waals surface area contributed by atoms with E-state index in [9.17, 15) is 23.1 Å². The monoisotopic (exact) mass is 340 g/mol. The number of carbonyl (C=O) groups excluding carboxylic acids is 1. The van der Waals surface area contributed by atoms with Gasteiger partial charge in [-0.2, -0.15) is 13.2 Å². The van der Waals surface area contributed by atoms with Crippen molar-refractivity contribution in [2.45, 2.75) is 25.1 Å². The van der Waals surface area contributed by atoms with Crippen LogP contribution in [0.25, 0.3) is 5.57 Å². The number of benzene rings is 1. The maximum Gasteiger partial charge on any atom is 0.406 e. The summed E-state index contributed by atoms with van der Waals surface area (Å²) in [4.78, 5) is 15.1. The summed E-state index contributed by atoms with van der Waals surface area (Å²) in [6, 6.07) is 6.46. The third-order valence-electron chi connectivity index (χ3n) is 4.56. The van der Waals surface area contributed by atoms with E-state index in [0.717, 1.165) is 22.5 Å². The van der Waals surface area contributed by atoms with Crippen LogP contribution in [0.4, 0.5) is 13.2 Å². The number of phenols is 1. The number of amides is 1. The van der Waals surface area contributed by atoms with Gasteiger partial charge in [0.05, 0.1) is 6.04 Å². The quantitative estimate of drug-likeness (QED) is 0.920. The topological polar surface area (TPSA) is 43.8 Å². The van der Waals surface area contributed by atoms with Gasteiger partial charge >= 0.3 is 6.18 Å². The van der Waals surface area contributed by atoms with Gasteiger partial charge in [0.15, 0.2) is 0 Å². The lowest BCUT2D eigenvalue weighted by atomic mass is 9.98. The van der Waals surface area contributed by atoms with Crippen LogP contribution in [-0.2, 0) is 4.79 Å². The molecule has 24 heavy (non-hydrogen) atoms. The zero-order valence-corrected chi connectivity index (χ0v) is 13.1. The second-order valence-corrected chi connectivity index (χ2v) is 6.20. The highest BCUT2D eigenvalue weighted by Crippen LogP contribution is 2.28. The van der Waals surface area contributed by atoms with Gasteiger partial charge in [-0.15, -0.1) is 0 Å². The van der Waals surface area contributed by atoms with Gasteiger partial charge in [-0.05, 0) is 36.1 Å². The molecule has 1 unspecified atom stereocenters. The molecule has 1 atom stereocenters. The largest absolute Gasteiger partial charge is 0.508 e. The minimum Gasteiger partial charge on any atom is -0.508 e. The van der Waals surface area contributed by atoms with Crippen LogP contribution in [0.2, 0.25) is 0 Å². The molecule has 0 aliphatic carbocycles. The Morgan fingerprint density at radius 1 is 1.17 bits per heavy atom. The van der Waals surface area contributed by atoms with E-state index >= 15 is 0 Å². The Labute approximate surface area is 138 Å². The van der Waals surface area contributed by atoms with Gasteiger partial charge in [0, 0.05) is 19.6 Å². The fraction of sp³-hybridized carbons (Fsp3) is 0.471. The second kappa shape index (κ2) is 6.47. The number of aromatic hydroxyl groups is 1. The Balaban J connectivity index is 1.62. The Kier molecular flexibility index (Phi) is 4.54. The Bertz CT molecular complexity index is 640. The lowest BCUT2D eigenvalue weighted by Gasteiger charge is -2.31. The standard InChI is InChI=1S/C17H19F3N2O2/c18-17(19,20)11-22-10-7-15(16(22)24)21-8-5-13(6-9-21)12-1-3-14(23)4-2-12/h1-5,15,23H,6-11H2. The molecule has 130 valence electrons. The highest BCUT2D eigenvalue weighted by Gasteiger charge is 2.41. The number of rotatable bonds is 3. The van der Waals surface area contributed by atoms with Gasteiger partial charge in [0.2, 0.25) is 5.91 Å². The molecule has 0 radical (unpaired) electrons. The summed E-state index contributed by atoms with van der Waals surface area (Å²) in [5.41, 5.74) is 2.15. The van der Waals surface area contributed by atoms with Crippen molar-refractivity contribution in [2.24, 2.45) is 0 Å². The van der Waals surface area contributed by atoms with Crippen molar-refractivity contribution in [3.05, 3.63) is 35.9 Å². The van der Waals surface area contributed by atoms with Crippen LogP contribution < -0.4 is 0 Å². The highest BCUT2D eigenvalue weighted by molar-refractivity contribution is 5.84. The van der Waals surface area contributed by atoms with E-state index < -0.39 is 24.7 Å². The first-order chi connectivity index (χ1) is 11.3. The molecule has 1 aromatic carbocycles. The van der Waals surface area contributed by atoms with Crippen LogP contribution >= 0.6 is 0 Å². The predicted octanol–water partition coefficient (Wildman–Crippen LogP) is 2.64. The van der Waals surface area contributed by atoms with Crippen LogP contribution in [0.3, 0.4) is 0 Å². The Hall–Kier alpha value is -2.02. The van der Waals surface area contributed by atoms with Crippen molar-refractivity contribution in [3.8, 4) is 5.75 Å². The third kappa shape index (κ3) is 3.72. The molecule has 0 bridgehead atoms. The van der Waals surface area contributed by atoms with Crippen molar-refractivity contribution >= 4 is 11.5 Å². The van der Waals surface area contributed by atoms with Crippen LogP contribution in [0.15, 0.2) is 30.3 Å². The van der Waals surface area contributed by atoms with E-state index in [2.05, 4.69) is 0 Å². The molecular formula is C17H19F3N2O2. The molecule has 2 aliphatic rings. The van der Waals surface area contributed by atoms with E-state index in [0.29, 0.717) is 19.5 Å². The van der Waals surface area contributed by atoms with Gasteiger partial charge in [-0.1, -0.05) is 18.2 Å². The first-order valence-corrected chi connectivity index (χ1v) is 7.91. The number of likely N-dealkylation sites (tertiary alicyclic amines) is 1. The lowest BCUT2D eigenvalue weighted by Crippen LogP contribution is -2.45. The molecule has 4 nitrogen and oxygen atoms in total. The first-order valence-electron chi connectivity index (χ1n) is 7.91. The third-order valence-corrected chi connectivity index (χ3v) is 4.56. The molecule has 2 aliphatic heterocycles. The van der Waals surface area contributed by atoms with E-state index in [4.69, 9.17) is 0 Å². The Morgan fingerprint density at radius 3 is 2.46 bits per heavy atom. The SMILES string of the molecule is O=C1C(N2CC=C(c3ccc(O)cc3)CC2)CCN1CC(F)(F)F. The van der Waals surface area contributed by atoms with Crippen LogP contribution in [-0.4, -0.2) is 59.2 Å². The number of halogens is 3. The number of phenolic OH excluding ortho intramolecular Hbond substituents is 1. The summed E-state index contributed by atoms with van der Waals surface area (Å²) in [6.07, 6.45) is -1.17. The zero-order valence-electron chi connectivity index (χ0n) is 13.1. The smallest absolute Gasteiger partial charge is 0.406 e. The molecule has 0 spiro atoms. The van der Waals surface area contributed by atoms with Crippen LogP contribution in [0, 0.1) is 0 Å². The van der Waals surface area contributed by atoms with Gasteiger partial charge in [-0.3, -0.25) is 9.69 Å². The number of hydrogen-bond donors (Lipinski definition) is 1. The minimum atomic E-state index is -4.35. The number of alkyl halides is 3. The molecule has 1 amide bonds. The summed E-state index contributed by atoms with van der Waals surface area (Å²) < 4.78 is 37.4. The maximum absolute atomic E-state index is 12.5. The maximum atomic E-state index is 12.5. The summed E-state index contributed by atoms with van der Waals surface area (Å²) in [5, 5.41) is 9.33. The molecule has 1 fully saturated rings. The van der Waals surface area contributed by atoms with E-state index in [1.54, 1.807) is 12.1 Å². The number of nitrogens with zero attached hydrogens (tertiary/aromatic N) is 2. The second-order valence-electron chi connectivity index (χ2n) is 6.20. The molecular weight excluding hydrogens is 321 g/mol. The fourth-order valence-electron chi connectivity index (χ4n) is 3.34. The van der Waals surface area contributed by atoms with Gasteiger partial charge in [0.25, 0.3) is 0 Å². The lowest BCUT2D eigenvalue weighted by molar-refractivity contribution is -0.159. The van der Waals surface area contributed by atoms with E-state index in [-0.39, 0.29) is 12.3 Å². The zero-order chi connectivity index (χ0) is 17.3. The van der Waals surface area contributed by atoms with Crippen molar-refractivity contribution < 1.29 is 23.1 Å². The summed E-state index contributed by atoms with van der Waals surface area (Å²) >= 11 is 0. The Morgan fingerprint density at radius 2 is 1.88 bits per heavy atom. The van der Waals surface area contributed by atoms with Gasteiger partial charge in [0.1, 0.15) is 12.3 Å². The summed E-state index contributed by atoms with van der Waals surface area (Å²) in [7, 11) is 0. The first kappa shape index (κ1) is 16.8. The summed E-state index contributed by atoms with van der Waals surface area (Å²) in [5.74, 6) is -0.216. The van der Waals surface area contributed by atoms with Gasteiger partial charge in [-0.25, -0.2) is 0 Å². The molecule has 1 aromatic rings. The highest BCUT2D eigenvalue weighted by atomic mass is 19.4. The molecule has 0 aromatic heterocycles. The number of carbonyl (C=O) groups is 1. The van der Waals surface area contributed by atoms with Crippen molar-refractivity contribution in [1.82, 2.24) is 9.80 Å². The molecule has 3 rings (SSSR count). The summed E-state index contributed by atoms with van der Waals surface area (Å²) in [6.45, 7) is 0.189. The fourth-order valence-corrected chi connectivity index (χ4v) is 3.34. The predicted molar refractivity (Wildman–Crippen MR) is 83.3 cm³/mol. The molecule has 1 saturated heterocycles. The normalized spacial score (nSPS) is 22.8. The van der Waals surface area contributed by atoms with Crippen molar-refractivity contribution in [2.75, 3.05) is 26.2 Å².